The van der Waals surface area contributed by atoms with Gasteiger partial charge in [-0.2, -0.15) is 0 Å². The summed E-state index contributed by atoms with van der Waals surface area (Å²) < 4.78 is 0. The first-order valence-corrected chi connectivity index (χ1v) is 6.78. The fraction of sp³-hybridized carbons (Fsp3) is 0.500. The molecule has 88 valence electrons. The van der Waals surface area contributed by atoms with E-state index in [9.17, 15) is 5.11 Å². The number of benzene rings is 1. The van der Waals surface area contributed by atoms with Crippen LogP contribution >= 0.6 is 0 Å². The van der Waals surface area contributed by atoms with E-state index in [1.54, 1.807) is 0 Å². The minimum Gasteiger partial charge on any atom is -0.508 e. The third-order valence-electron chi connectivity index (χ3n) is 5.33. The zero-order valence-electron chi connectivity index (χ0n) is 9.92. The van der Waals surface area contributed by atoms with Gasteiger partial charge in [0.1, 0.15) is 5.75 Å². The molecule has 0 amide bonds. The average molecular weight is 226 g/mol. The highest BCUT2D eigenvalue weighted by Gasteiger charge is 2.52. The molecule has 1 N–H and O–H groups in total. The van der Waals surface area contributed by atoms with Gasteiger partial charge in [-0.3, -0.25) is 0 Å². The van der Waals surface area contributed by atoms with E-state index in [1.165, 1.54) is 24.8 Å². The van der Waals surface area contributed by atoms with Crippen LogP contribution in [0.3, 0.4) is 0 Å². The summed E-state index contributed by atoms with van der Waals surface area (Å²) >= 11 is 0. The van der Waals surface area contributed by atoms with Crippen molar-refractivity contribution >= 4 is 0 Å². The molecular weight excluding hydrogens is 208 g/mol. The molecule has 1 nitrogen and oxygen atoms in total. The SMILES string of the molecule is Oc1ccc([C@@H]2C[C@H]3C[C@@H]2[C@H]2C=CC[C@H]32)cc1. The molecule has 2 saturated carbocycles. The van der Waals surface area contributed by atoms with Crippen LogP contribution < -0.4 is 0 Å². The maximum atomic E-state index is 9.37. The molecule has 0 aliphatic heterocycles. The molecule has 2 bridgehead atoms. The van der Waals surface area contributed by atoms with Crippen LogP contribution in [-0.4, -0.2) is 5.11 Å². The zero-order valence-corrected chi connectivity index (χ0v) is 9.92. The molecule has 1 aromatic carbocycles. The number of hydrogen-bond acceptors (Lipinski definition) is 1. The van der Waals surface area contributed by atoms with Gasteiger partial charge < -0.3 is 5.11 Å². The summed E-state index contributed by atoms with van der Waals surface area (Å²) in [6.07, 6.45) is 9.01. The van der Waals surface area contributed by atoms with E-state index < -0.39 is 0 Å². The number of aromatic hydroxyl groups is 1. The molecule has 3 aliphatic carbocycles. The Morgan fingerprint density at radius 1 is 1.00 bits per heavy atom. The Morgan fingerprint density at radius 3 is 2.65 bits per heavy atom. The summed E-state index contributed by atoms with van der Waals surface area (Å²) in [5.41, 5.74) is 1.44. The second kappa shape index (κ2) is 3.38. The lowest BCUT2D eigenvalue weighted by Gasteiger charge is -2.31. The van der Waals surface area contributed by atoms with Gasteiger partial charge in [0.15, 0.2) is 0 Å². The summed E-state index contributed by atoms with van der Waals surface area (Å²) in [6.45, 7) is 0. The van der Waals surface area contributed by atoms with Crippen molar-refractivity contribution in [1.29, 1.82) is 0 Å². The van der Waals surface area contributed by atoms with E-state index in [2.05, 4.69) is 24.3 Å². The Labute approximate surface area is 102 Å². The number of rotatable bonds is 1. The lowest BCUT2D eigenvalue weighted by atomic mass is 9.73. The van der Waals surface area contributed by atoms with E-state index in [0.717, 1.165) is 29.6 Å². The number of allylic oxidation sites excluding steroid dienone is 2. The standard InChI is InChI=1S/C16H18O/c17-12-6-4-10(5-7-12)15-8-11-9-16(15)14-3-1-2-13(11)14/h1,3-7,11,13-17H,2,8-9H2/t11-,13+,14-,15-,16+/m0/s1. The predicted molar refractivity (Wildman–Crippen MR) is 67.8 cm³/mol. The van der Waals surface area contributed by atoms with E-state index >= 15 is 0 Å². The second-order valence-electron chi connectivity index (χ2n) is 6.00. The topological polar surface area (TPSA) is 20.2 Å². The van der Waals surface area contributed by atoms with Crippen LogP contribution in [0.1, 0.15) is 30.7 Å². The maximum Gasteiger partial charge on any atom is 0.115 e. The Kier molecular flexibility index (Phi) is 1.94. The van der Waals surface area contributed by atoms with Crippen LogP contribution in [0, 0.1) is 23.7 Å². The molecule has 1 aromatic rings. The Balaban J connectivity index is 1.65. The molecule has 4 rings (SSSR count). The van der Waals surface area contributed by atoms with Crippen LogP contribution in [0.25, 0.3) is 0 Å². The summed E-state index contributed by atoms with van der Waals surface area (Å²) in [6, 6.07) is 7.91. The van der Waals surface area contributed by atoms with Crippen LogP contribution in [0.15, 0.2) is 36.4 Å². The normalized spacial score (nSPS) is 42.0. The third kappa shape index (κ3) is 1.31. The average Bonchev–Trinajstić information content (AvgIpc) is 3.02. The first-order valence-electron chi connectivity index (χ1n) is 6.78. The summed E-state index contributed by atoms with van der Waals surface area (Å²) in [5.74, 6) is 4.77. The number of fused-ring (bicyclic) bond motifs is 5. The zero-order chi connectivity index (χ0) is 11.4. The number of phenols is 1. The Morgan fingerprint density at radius 2 is 1.82 bits per heavy atom. The van der Waals surface area contributed by atoms with Crippen LogP contribution in [0.2, 0.25) is 0 Å². The van der Waals surface area contributed by atoms with Crippen molar-refractivity contribution < 1.29 is 5.11 Å². The lowest BCUT2D eigenvalue weighted by Crippen LogP contribution is -2.23. The Hall–Kier alpha value is -1.24. The molecule has 3 aliphatic rings. The minimum atomic E-state index is 0.385. The highest BCUT2D eigenvalue weighted by atomic mass is 16.3. The van der Waals surface area contributed by atoms with Gasteiger partial charge in [0.05, 0.1) is 0 Å². The number of phenolic OH excluding ortho intramolecular Hbond substituents is 1. The van der Waals surface area contributed by atoms with Gasteiger partial charge in [-0.05, 0) is 66.5 Å². The van der Waals surface area contributed by atoms with Crippen molar-refractivity contribution in [2.75, 3.05) is 0 Å². The van der Waals surface area contributed by atoms with E-state index in [-0.39, 0.29) is 0 Å². The van der Waals surface area contributed by atoms with E-state index in [1.807, 2.05) is 12.1 Å². The monoisotopic (exact) mass is 226 g/mol. The molecule has 0 heterocycles. The minimum absolute atomic E-state index is 0.385. The van der Waals surface area contributed by atoms with Crippen LogP contribution in [0.5, 0.6) is 5.75 Å². The highest BCUT2D eigenvalue weighted by Crippen LogP contribution is 2.61. The Bertz CT molecular complexity index is 459. The van der Waals surface area contributed by atoms with Crippen LogP contribution in [-0.2, 0) is 0 Å². The van der Waals surface area contributed by atoms with Gasteiger partial charge in [0, 0.05) is 0 Å². The maximum absolute atomic E-state index is 9.37. The molecule has 0 radical (unpaired) electrons. The predicted octanol–water partition coefficient (Wildman–Crippen LogP) is 3.71. The molecule has 2 fully saturated rings. The fourth-order valence-corrected chi connectivity index (χ4v) is 4.65. The summed E-state index contributed by atoms with van der Waals surface area (Å²) in [7, 11) is 0. The molecule has 5 atom stereocenters. The molecule has 0 saturated heterocycles. The fourth-order valence-electron chi connectivity index (χ4n) is 4.65. The molecular formula is C16H18O. The van der Waals surface area contributed by atoms with E-state index in [0.29, 0.717) is 5.75 Å². The van der Waals surface area contributed by atoms with Gasteiger partial charge in [-0.25, -0.2) is 0 Å². The molecule has 0 unspecified atom stereocenters. The largest absolute Gasteiger partial charge is 0.508 e. The van der Waals surface area contributed by atoms with Crippen molar-refractivity contribution in [2.45, 2.75) is 25.2 Å². The smallest absolute Gasteiger partial charge is 0.115 e. The molecule has 0 spiro atoms. The van der Waals surface area contributed by atoms with Crippen LogP contribution in [0.4, 0.5) is 0 Å². The van der Waals surface area contributed by atoms with Crippen molar-refractivity contribution in [3.63, 3.8) is 0 Å². The lowest BCUT2D eigenvalue weighted by molar-refractivity contribution is 0.257. The van der Waals surface area contributed by atoms with Crippen molar-refractivity contribution in [3.05, 3.63) is 42.0 Å². The van der Waals surface area contributed by atoms with Crippen molar-refractivity contribution in [2.24, 2.45) is 23.7 Å². The first-order chi connectivity index (χ1) is 8.33. The molecule has 17 heavy (non-hydrogen) atoms. The molecule has 1 heteroatoms. The summed E-state index contributed by atoms with van der Waals surface area (Å²) in [4.78, 5) is 0. The van der Waals surface area contributed by atoms with Gasteiger partial charge >= 0.3 is 0 Å². The summed E-state index contributed by atoms with van der Waals surface area (Å²) in [5, 5.41) is 9.37. The first kappa shape index (κ1) is 9.76. The van der Waals surface area contributed by atoms with Gasteiger partial charge in [-0.15, -0.1) is 0 Å². The quantitative estimate of drug-likeness (QED) is 0.724. The van der Waals surface area contributed by atoms with Gasteiger partial charge in [0.2, 0.25) is 0 Å². The highest BCUT2D eigenvalue weighted by molar-refractivity contribution is 5.31. The van der Waals surface area contributed by atoms with Crippen molar-refractivity contribution in [3.8, 4) is 5.75 Å². The van der Waals surface area contributed by atoms with Gasteiger partial charge in [-0.1, -0.05) is 24.3 Å². The second-order valence-corrected chi connectivity index (χ2v) is 6.00. The third-order valence-corrected chi connectivity index (χ3v) is 5.33. The van der Waals surface area contributed by atoms with Crippen molar-refractivity contribution in [1.82, 2.24) is 0 Å². The van der Waals surface area contributed by atoms with Gasteiger partial charge in [0.25, 0.3) is 0 Å². The van der Waals surface area contributed by atoms with E-state index in [4.69, 9.17) is 0 Å². The number of hydrogen-bond donors (Lipinski definition) is 1. The molecule has 0 aromatic heterocycles.